The topological polar surface area (TPSA) is 207 Å². The maximum Gasteiger partial charge on any atom is 0.285 e. The number of rotatable bonds is 6. The second-order valence-electron chi connectivity index (χ2n) is 5.70. The molecule has 0 atom stereocenters. The molecule has 1 amide bonds. The highest BCUT2D eigenvalue weighted by molar-refractivity contribution is 7.91. The molecule has 0 radical (unpaired) electrons. The Morgan fingerprint density at radius 2 is 1.90 bits per heavy atom. The lowest BCUT2D eigenvalue weighted by atomic mass is 10.3. The van der Waals surface area contributed by atoms with Crippen LogP contribution in [0.15, 0.2) is 37.9 Å². The first-order valence-corrected chi connectivity index (χ1v) is 11.4. The van der Waals surface area contributed by atoms with Gasteiger partial charge in [-0.25, -0.2) is 18.2 Å². The molecule has 0 saturated carbocycles. The summed E-state index contributed by atoms with van der Waals surface area (Å²) < 4.78 is 51.7. The number of likely N-dealkylation sites (N-methyl/N-ethyl adjacent to an activating group) is 1. The van der Waals surface area contributed by atoms with Crippen LogP contribution in [-0.4, -0.2) is 57.0 Å². The van der Waals surface area contributed by atoms with E-state index in [1.165, 1.54) is 43.3 Å². The molecule has 0 saturated heterocycles. The van der Waals surface area contributed by atoms with Crippen molar-refractivity contribution in [1.29, 1.82) is 5.41 Å². The number of nitrogens with zero attached hydrogens (tertiary/aromatic N) is 4. The summed E-state index contributed by atoms with van der Waals surface area (Å²) in [6.07, 6.45) is 0. The van der Waals surface area contributed by atoms with Gasteiger partial charge in [0.25, 0.3) is 20.0 Å². The molecule has 0 bridgehead atoms. The van der Waals surface area contributed by atoms with E-state index in [0.717, 1.165) is 4.68 Å². The van der Waals surface area contributed by atoms with Crippen molar-refractivity contribution in [3.05, 3.63) is 29.1 Å². The van der Waals surface area contributed by atoms with Gasteiger partial charge < -0.3 is 16.0 Å². The Bertz CT molecular complexity index is 1210. The number of primary sulfonamides is 1. The summed E-state index contributed by atoms with van der Waals surface area (Å²) in [5, 5.41) is 18.4. The first kappa shape index (κ1) is 22.5. The van der Waals surface area contributed by atoms with E-state index in [0.29, 0.717) is 17.0 Å². The molecule has 1 aromatic heterocycles. The number of carbonyl (C=O) groups excluding carboxylic acids is 1. The Labute approximate surface area is 170 Å². The molecular formula is C13H18N8O5S3. The van der Waals surface area contributed by atoms with Gasteiger partial charge in [0.15, 0.2) is 5.96 Å². The van der Waals surface area contributed by atoms with Gasteiger partial charge in [-0.05, 0) is 24.3 Å². The summed E-state index contributed by atoms with van der Waals surface area (Å²) in [5.74, 6) is -0.722. The Balaban J connectivity index is 2.24. The molecule has 13 nitrogen and oxygen atoms in total. The highest BCUT2D eigenvalue weighted by Gasteiger charge is 2.18. The summed E-state index contributed by atoms with van der Waals surface area (Å²) in [6.45, 7) is -0.154. The molecule has 0 unspecified atom stereocenters. The zero-order chi connectivity index (χ0) is 22.0. The van der Waals surface area contributed by atoms with Crippen LogP contribution in [0.1, 0.15) is 0 Å². The normalized spacial score (nSPS) is 12.6. The molecule has 29 heavy (non-hydrogen) atoms. The van der Waals surface area contributed by atoms with E-state index in [1.807, 2.05) is 0 Å². The van der Waals surface area contributed by atoms with Gasteiger partial charge in [0.1, 0.15) is 0 Å². The number of hydrogen-bond acceptors (Lipinski definition) is 8. The minimum Gasteiger partial charge on any atom is -0.370 e. The number of carbonyl (C=O) groups is 1. The number of aryl methyl sites for hydroxylation is 1. The first-order chi connectivity index (χ1) is 13.3. The largest absolute Gasteiger partial charge is 0.370 e. The lowest BCUT2D eigenvalue weighted by molar-refractivity contribution is -0.116. The summed E-state index contributed by atoms with van der Waals surface area (Å²) in [6, 6.07) is 5.17. The Kier molecular flexibility index (Phi) is 6.41. The smallest absolute Gasteiger partial charge is 0.285 e. The fourth-order valence-electron chi connectivity index (χ4n) is 1.89. The second kappa shape index (κ2) is 8.27. The standard InChI is InChI=1S/C13H18N8O5S3/c1-20(11(14)15)7-10(22)17-8-3-5-9(6-4-8)29(25,26)19-12-21(2)18-13(27-12)28(16,23)24/h3-6H,7H2,1-2H3,(H3,14,15)(H,17,22)(H2,16,23,24)/b19-12+. The predicted molar refractivity (Wildman–Crippen MR) is 105 cm³/mol. The van der Waals surface area contributed by atoms with Crippen molar-refractivity contribution < 1.29 is 21.6 Å². The third-order valence-corrected chi connectivity index (χ3v) is 7.06. The predicted octanol–water partition coefficient (Wildman–Crippen LogP) is -1.82. The second-order valence-corrected chi connectivity index (χ2v) is 9.99. The molecule has 158 valence electrons. The van der Waals surface area contributed by atoms with Gasteiger partial charge in [0, 0.05) is 19.8 Å². The summed E-state index contributed by atoms with van der Waals surface area (Å²) >= 11 is 0.511. The molecule has 2 rings (SSSR count). The monoisotopic (exact) mass is 462 g/mol. The van der Waals surface area contributed by atoms with Crippen LogP contribution < -0.4 is 21.0 Å². The highest BCUT2D eigenvalue weighted by atomic mass is 32.2. The van der Waals surface area contributed by atoms with Gasteiger partial charge in [0.05, 0.1) is 11.4 Å². The van der Waals surface area contributed by atoms with Crippen molar-refractivity contribution in [2.24, 2.45) is 22.3 Å². The molecule has 0 spiro atoms. The molecular weight excluding hydrogens is 444 g/mol. The van der Waals surface area contributed by atoms with E-state index in [4.69, 9.17) is 16.3 Å². The van der Waals surface area contributed by atoms with Crippen LogP contribution in [0.25, 0.3) is 0 Å². The number of benzene rings is 1. The van der Waals surface area contributed by atoms with Crippen molar-refractivity contribution >= 4 is 48.9 Å². The number of guanidine groups is 1. The molecule has 16 heteroatoms. The van der Waals surface area contributed by atoms with Gasteiger partial charge in [-0.2, -0.15) is 8.42 Å². The van der Waals surface area contributed by atoms with Crippen LogP contribution in [0.3, 0.4) is 0 Å². The number of anilines is 1. The number of nitrogens with one attached hydrogen (secondary N) is 2. The summed E-state index contributed by atoms with van der Waals surface area (Å²) in [7, 11) is -5.46. The molecule has 2 aromatic rings. The maximum absolute atomic E-state index is 12.5. The van der Waals surface area contributed by atoms with Crippen molar-refractivity contribution in [1.82, 2.24) is 14.7 Å². The maximum atomic E-state index is 12.5. The number of amides is 1. The fourth-order valence-corrected chi connectivity index (χ4v) is 4.66. The van der Waals surface area contributed by atoms with Crippen molar-refractivity contribution in [2.45, 2.75) is 9.24 Å². The van der Waals surface area contributed by atoms with Crippen molar-refractivity contribution in [2.75, 3.05) is 18.9 Å². The molecule has 0 aliphatic rings. The first-order valence-electron chi connectivity index (χ1n) is 7.62. The number of aromatic nitrogens is 2. The minimum atomic E-state index is -4.17. The molecule has 1 heterocycles. The zero-order valence-electron chi connectivity index (χ0n) is 15.2. The van der Waals surface area contributed by atoms with E-state index in [2.05, 4.69) is 14.8 Å². The van der Waals surface area contributed by atoms with Gasteiger partial charge >= 0.3 is 0 Å². The van der Waals surface area contributed by atoms with Crippen LogP contribution >= 0.6 is 11.3 Å². The zero-order valence-corrected chi connectivity index (χ0v) is 17.7. The van der Waals surface area contributed by atoms with Crippen LogP contribution in [0.4, 0.5) is 5.69 Å². The number of nitrogens with two attached hydrogens (primary N) is 2. The Morgan fingerprint density at radius 3 is 2.38 bits per heavy atom. The summed E-state index contributed by atoms with van der Waals surface area (Å²) in [5.41, 5.74) is 5.58. The van der Waals surface area contributed by atoms with Gasteiger partial charge in [0.2, 0.25) is 15.0 Å². The third kappa shape index (κ3) is 5.83. The van der Waals surface area contributed by atoms with E-state index in [1.54, 1.807) is 0 Å². The van der Waals surface area contributed by atoms with Crippen molar-refractivity contribution in [3.8, 4) is 0 Å². The quantitative estimate of drug-likeness (QED) is 0.283. The van der Waals surface area contributed by atoms with Gasteiger partial charge in [-0.1, -0.05) is 11.3 Å². The van der Waals surface area contributed by atoms with Crippen LogP contribution in [-0.2, 0) is 31.9 Å². The van der Waals surface area contributed by atoms with Crippen LogP contribution in [0.5, 0.6) is 0 Å². The van der Waals surface area contributed by atoms with Gasteiger partial charge in [-0.3, -0.25) is 10.2 Å². The van der Waals surface area contributed by atoms with E-state index in [9.17, 15) is 21.6 Å². The van der Waals surface area contributed by atoms with E-state index >= 15 is 0 Å². The SMILES string of the molecule is CN(CC(=O)Nc1ccc(S(=O)(=O)/N=c2/sc(S(N)(=O)=O)nn2C)cc1)C(=N)N. The molecule has 0 aliphatic carbocycles. The lowest BCUT2D eigenvalue weighted by Gasteiger charge is -2.15. The molecule has 0 aliphatic heterocycles. The fraction of sp³-hybridized carbons (Fsp3) is 0.231. The van der Waals surface area contributed by atoms with E-state index in [-0.39, 0.29) is 22.2 Å². The molecule has 0 fully saturated rings. The van der Waals surface area contributed by atoms with Gasteiger partial charge in [-0.15, -0.1) is 9.50 Å². The number of hydrogen-bond donors (Lipinski definition) is 4. The van der Waals surface area contributed by atoms with E-state index < -0.39 is 30.3 Å². The lowest BCUT2D eigenvalue weighted by Crippen LogP contribution is -2.38. The Hall–Kier alpha value is -2.82. The average Bonchev–Trinajstić information content (AvgIpc) is 2.95. The van der Waals surface area contributed by atoms with Crippen LogP contribution in [0, 0.1) is 5.41 Å². The highest BCUT2D eigenvalue weighted by Crippen LogP contribution is 2.16. The van der Waals surface area contributed by atoms with Crippen LogP contribution in [0.2, 0.25) is 0 Å². The average molecular weight is 463 g/mol. The summed E-state index contributed by atoms with van der Waals surface area (Å²) in [4.78, 5) is 12.7. The van der Waals surface area contributed by atoms with Crippen molar-refractivity contribution in [3.63, 3.8) is 0 Å². The Morgan fingerprint density at radius 1 is 1.31 bits per heavy atom. The molecule has 6 N–H and O–H groups in total. The molecule has 1 aromatic carbocycles. The minimum absolute atomic E-state index is 0.154. The number of sulfonamides is 2. The third-order valence-electron chi connectivity index (χ3n) is 3.36.